The number of likely N-dealkylation sites (tertiary alicyclic amines) is 1. The van der Waals surface area contributed by atoms with Gasteiger partial charge in [-0.1, -0.05) is 6.42 Å². The number of aliphatic imine (C=N–C) groups is 1. The first-order chi connectivity index (χ1) is 7.34. The lowest BCUT2D eigenvalue weighted by molar-refractivity contribution is 0.232. The van der Waals surface area contributed by atoms with Crippen LogP contribution in [0.5, 0.6) is 0 Å². The predicted octanol–water partition coefficient (Wildman–Crippen LogP) is 0.410. The highest BCUT2D eigenvalue weighted by atomic mass is 15.2. The van der Waals surface area contributed by atoms with Gasteiger partial charge < -0.3 is 15.5 Å². The van der Waals surface area contributed by atoms with Gasteiger partial charge in [0.05, 0.1) is 6.54 Å². The van der Waals surface area contributed by atoms with Crippen LogP contribution in [-0.4, -0.2) is 49.6 Å². The Kier molecular flexibility index (Phi) is 3.83. The highest BCUT2D eigenvalue weighted by molar-refractivity contribution is 5.81. The first-order valence-electron chi connectivity index (χ1n) is 6.12. The van der Waals surface area contributed by atoms with E-state index in [4.69, 9.17) is 0 Å². The third kappa shape index (κ3) is 3.38. The van der Waals surface area contributed by atoms with E-state index in [1.165, 1.54) is 32.4 Å². The molecule has 0 bridgehead atoms. The van der Waals surface area contributed by atoms with E-state index in [0.717, 1.165) is 25.6 Å². The summed E-state index contributed by atoms with van der Waals surface area (Å²) in [6.07, 6.45) is 4.15. The van der Waals surface area contributed by atoms with Crippen molar-refractivity contribution in [3.8, 4) is 0 Å². The Balaban J connectivity index is 1.58. The first-order valence-corrected chi connectivity index (χ1v) is 6.12. The number of piperidine rings is 1. The predicted molar refractivity (Wildman–Crippen MR) is 63.2 cm³/mol. The van der Waals surface area contributed by atoms with Crippen molar-refractivity contribution in [2.75, 3.05) is 32.7 Å². The molecule has 86 valence electrons. The van der Waals surface area contributed by atoms with Crippen molar-refractivity contribution in [2.24, 2.45) is 4.99 Å². The molecule has 2 aliphatic heterocycles. The van der Waals surface area contributed by atoms with Crippen LogP contribution >= 0.6 is 0 Å². The molecule has 1 saturated heterocycles. The highest BCUT2D eigenvalue weighted by Crippen LogP contribution is 2.07. The second-order valence-electron chi connectivity index (χ2n) is 4.56. The maximum absolute atomic E-state index is 4.38. The minimum atomic E-state index is 0.502. The molecule has 1 unspecified atom stereocenters. The molecular formula is C11H22N4. The zero-order chi connectivity index (χ0) is 10.5. The molecule has 0 aromatic rings. The Labute approximate surface area is 92.1 Å². The molecule has 2 heterocycles. The molecule has 0 aliphatic carbocycles. The summed E-state index contributed by atoms with van der Waals surface area (Å²) in [7, 11) is 0. The Morgan fingerprint density at radius 3 is 2.87 bits per heavy atom. The third-order valence-electron chi connectivity index (χ3n) is 3.08. The molecule has 0 radical (unpaired) electrons. The van der Waals surface area contributed by atoms with Crippen LogP contribution < -0.4 is 10.6 Å². The van der Waals surface area contributed by atoms with E-state index < -0.39 is 0 Å². The SMILES string of the molecule is CC1CN=C(NCCN2CCCCC2)N1. The lowest BCUT2D eigenvalue weighted by Gasteiger charge is -2.26. The number of hydrogen-bond donors (Lipinski definition) is 2. The quantitative estimate of drug-likeness (QED) is 0.709. The van der Waals surface area contributed by atoms with Crippen LogP contribution in [0.25, 0.3) is 0 Å². The van der Waals surface area contributed by atoms with Gasteiger partial charge in [-0.15, -0.1) is 0 Å². The number of nitrogens with one attached hydrogen (secondary N) is 2. The van der Waals surface area contributed by atoms with Gasteiger partial charge in [-0.2, -0.15) is 0 Å². The van der Waals surface area contributed by atoms with Crippen LogP contribution in [0.15, 0.2) is 4.99 Å². The lowest BCUT2D eigenvalue weighted by Crippen LogP contribution is -2.42. The number of nitrogens with zero attached hydrogens (tertiary/aromatic N) is 2. The largest absolute Gasteiger partial charge is 0.355 e. The van der Waals surface area contributed by atoms with Crippen LogP contribution in [0.4, 0.5) is 0 Å². The summed E-state index contributed by atoms with van der Waals surface area (Å²) in [4.78, 5) is 6.91. The molecule has 4 heteroatoms. The van der Waals surface area contributed by atoms with Crippen LogP contribution in [0, 0.1) is 0 Å². The minimum Gasteiger partial charge on any atom is -0.355 e. The van der Waals surface area contributed by atoms with E-state index in [2.05, 4.69) is 27.4 Å². The zero-order valence-corrected chi connectivity index (χ0v) is 9.63. The first kappa shape index (κ1) is 10.7. The van der Waals surface area contributed by atoms with Gasteiger partial charge in [0.15, 0.2) is 5.96 Å². The standard InChI is InChI=1S/C11H22N4/c1-10-9-13-11(14-10)12-5-8-15-6-3-2-4-7-15/h10H,2-9H2,1H3,(H2,12,13,14). The zero-order valence-electron chi connectivity index (χ0n) is 9.63. The van der Waals surface area contributed by atoms with Crippen LogP contribution in [0.3, 0.4) is 0 Å². The molecule has 0 aromatic heterocycles. The molecular weight excluding hydrogens is 188 g/mol. The molecule has 0 saturated carbocycles. The van der Waals surface area contributed by atoms with Crippen LogP contribution in [0.2, 0.25) is 0 Å². The fourth-order valence-corrected chi connectivity index (χ4v) is 2.18. The van der Waals surface area contributed by atoms with Crippen LogP contribution in [-0.2, 0) is 0 Å². The molecule has 2 aliphatic rings. The van der Waals surface area contributed by atoms with Crippen molar-refractivity contribution in [3.63, 3.8) is 0 Å². The number of hydrogen-bond acceptors (Lipinski definition) is 4. The number of rotatable bonds is 3. The van der Waals surface area contributed by atoms with E-state index >= 15 is 0 Å². The molecule has 15 heavy (non-hydrogen) atoms. The third-order valence-corrected chi connectivity index (χ3v) is 3.08. The number of guanidine groups is 1. The monoisotopic (exact) mass is 210 g/mol. The van der Waals surface area contributed by atoms with Gasteiger partial charge in [0.25, 0.3) is 0 Å². The van der Waals surface area contributed by atoms with Gasteiger partial charge in [-0.25, -0.2) is 0 Å². The molecule has 0 aromatic carbocycles. The summed E-state index contributed by atoms with van der Waals surface area (Å²) >= 11 is 0. The summed E-state index contributed by atoms with van der Waals surface area (Å²) in [5, 5.41) is 6.67. The molecule has 2 N–H and O–H groups in total. The Bertz CT molecular complexity index is 221. The van der Waals surface area contributed by atoms with Gasteiger partial charge >= 0.3 is 0 Å². The Morgan fingerprint density at radius 2 is 2.20 bits per heavy atom. The summed E-state index contributed by atoms with van der Waals surface area (Å²) < 4.78 is 0. The molecule has 2 rings (SSSR count). The average molecular weight is 210 g/mol. The summed E-state index contributed by atoms with van der Waals surface area (Å²) in [6.45, 7) is 7.78. The van der Waals surface area contributed by atoms with Crippen molar-refractivity contribution in [2.45, 2.75) is 32.2 Å². The van der Waals surface area contributed by atoms with E-state index in [9.17, 15) is 0 Å². The molecule has 0 spiro atoms. The molecule has 0 amide bonds. The molecule has 4 nitrogen and oxygen atoms in total. The van der Waals surface area contributed by atoms with E-state index in [-0.39, 0.29) is 0 Å². The van der Waals surface area contributed by atoms with Crippen LogP contribution in [0.1, 0.15) is 26.2 Å². The second-order valence-corrected chi connectivity index (χ2v) is 4.56. The van der Waals surface area contributed by atoms with Gasteiger partial charge in [0.2, 0.25) is 0 Å². The highest BCUT2D eigenvalue weighted by Gasteiger charge is 2.13. The molecule has 1 atom stereocenters. The maximum Gasteiger partial charge on any atom is 0.191 e. The van der Waals surface area contributed by atoms with Gasteiger partial charge in [-0.05, 0) is 32.9 Å². The van der Waals surface area contributed by atoms with Crippen molar-refractivity contribution >= 4 is 5.96 Å². The maximum atomic E-state index is 4.38. The van der Waals surface area contributed by atoms with E-state index in [0.29, 0.717) is 6.04 Å². The fourth-order valence-electron chi connectivity index (χ4n) is 2.18. The van der Waals surface area contributed by atoms with E-state index in [1.54, 1.807) is 0 Å². The van der Waals surface area contributed by atoms with Gasteiger partial charge in [-0.3, -0.25) is 4.99 Å². The van der Waals surface area contributed by atoms with Crippen molar-refractivity contribution < 1.29 is 0 Å². The Morgan fingerprint density at radius 1 is 1.40 bits per heavy atom. The summed E-state index contributed by atoms with van der Waals surface area (Å²) in [5.74, 6) is 0.986. The summed E-state index contributed by atoms with van der Waals surface area (Å²) in [6, 6.07) is 0.502. The van der Waals surface area contributed by atoms with Crippen molar-refractivity contribution in [3.05, 3.63) is 0 Å². The normalized spacial score (nSPS) is 27.3. The van der Waals surface area contributed by atoms with Crippen molar-refractivity contribution in [1.82, 2.24) is 15.5 Å². The lowest BCUT2D eigenvalue weighted by atomic mass is 10.1. The van der Waals surface area contributed by atoms with Crippen molar-refractivity contribution in [1.29, 1.82) is 0 Å². The van der Waals surface area contributed by atoms with E-state index in [1.807, 2.05) is 0 Å². The fraction of sp³-hybridized carbons (Fsp3) is 0.909. The summed E-state index contributed by atoms with van der Waals surface area (Å²) in [5.41, 5.74) is 0. The average Bonchev–Trinajstić information content (AvgIpc) is 2.66. The Hall–Kier alpha value is -0.770. The molecule has 1 fully saturated rings. The second kappa shape index (κ2) is 5.35. The van der Waals surface area contributed by atoms with Gasteiger partial charge in [0, 0.05) is 19.1 Å². The smallest absolute Gasteiger partial charge is 0.191 e. The van der Waals surface area contributed by atoms with Gasteiger partial charge in [0.1, 0.15) is 0 Å². The minimum absolute atomic E-state index is 0.502. The topological polar surface area (TPSA) is 39.7 Å².